The van der Waals surface area contributed by atoms with Crippen LogP contribution in [0.5, 0.6) is 0 Å². The maximum Gasteiger partial charge on any atom is 0.231 e. The van der Waals surface area contributed by atoms with Gasteiger partial charge in [0.2, 0.25) is 5.91 Å². The fourth-order valence-electron chi connectivity index (χ4n) is 2.41. The molecule has 100 valence electrons. The van der Waals surface area contributed by atoms with Gasteiger partial charge in [-0.15, -0.1) is 0 Å². The average Bonchev–Trinajstić information content (AvgIpc) is 2.73. The van der Waals surface area contributed by atoms with Crippen molar-refractivity contribution in [1.29, 1.82) is 0 Å². The third-order valence-electron chi connectivity index (χ3n) is 3.54. The van der Waals surface area contributed by atoms with Gasteiger partial charge in [-0.3, -0.25) is 9.59 Å². The third kappa shape index (κ3) is 2.00. The first-order chi connectivity index (χ1) is 9.58. The fourth-order valence-corrected chi connectivity index (χ4v) is 2.63. The summed E-state index contributed by atoms with van der Waals surface area (Å²) < 4.78 is 0. The Kier molecular flexibility index (Phi) is 3.07. The molecule has 3 nitrogen and oxygen atoms in total. The number of carbonyl (C=O) groups excluding carboxylic acids is 2. The van der Waals surface area contributed by atoms with Crippen LogP contribution in [0.4, 0.5) is 5.69 Å². The molecule has 0 radical (unpaired) electrons. The second-order valence-corrected chi connectivity index (χ2v) is 5.19. The van der Waals surface area contributed by atoms with Gasteiger partial charge in [0, 0.05) is 23.9 Å². The van der Waals surface area contributed by atoms with Gasteiger partial charge < -0.3 is 4.90 Å². The summed E-state index contributed by atoms with van der Waals surface area (Å²) in [4.78, 5) is 25.7. The van der Waals surface area contributed by atoms with Crippen molar-refractivity contribution in [2.45, 2.75) is 6.42 Å². The van der Waals surface area contributed by atoms with Crippen LogP contribution >= 0.6 is 11.6 Å². The average molecular weight is 286 g/mol. The maximum atomic E-state index is 12.4. The van der Waals surface area contributed by atoms with Gasteiger partial charge in [0.25, 0.3) is 0 Å². The number of hydrogen-bond acceptors (Lipinski definition) is 2. The second kappa shape index (κ2) is 4.76. The van der Waals surface area contributed by atoms with E-state index in [1.165, 1.54) is 0 Å². The molecule has 4 heteroatoms. The molecular formula is C16H12ClNO2. The smallest absolute Gasteiger partial charge is 0.231 e. The Morgan fingerprint density at radius 2 is 1.95 bits per heavy atom. The second-order valence-electron chi connectivity index (χ2n) is 4.78. The van der Waals surface area contributed by atoms with E-state index in [2.05, 4.69) is 0 Å². The Bertz CT molecular complexity index is 724. The number of anilines is 1. The molecular weight excluding hydrogens is 274 g/mol. The van der Waals surface area contributed by atoms with Crippen LogP contribution in [-0.4, -0.2) is 18.7 Å². The Hall–Kier alpha value is -2.13. The van der Waals surface area contributed by atoms with Gasteiger partial charge in [-0.05, 0) is 35.9 Å². The SMILES string of the molecule is CN1C(=O)Cc2cc(C(=O)c3ccccc3Cl)ccc21. The summed E-state index contributed by atoms with van der Waals surface area (Å²) in [5.41, 5.74) is 2.79. The minimum Gasteiger partial charge on any atom is -0.315 e. The molecule has 0 saturated carbocycles. The Morgan fingerprint density at radius 1 is 1.20 bits per heavy atom. The Balaban J connectivity index is 2.01. The summed E-state index contributed by atoms with van der Waals surface area (Å²) in [5, 5.41) is 0.436. The van der Waals surface area contributed by atoms with Crippen molar-refractivity contribution in [2.24, 2.45) is 0 Å². The molecule has 0 saturated heterocycles. The van der Waals surface area contributed by atoms with Gasteiger partial charge in [-0.25, -0.2) is 0 Å². The van der Waals surface area contributed by atoms with Gasteiger partial charge in [0.1, 0.15) is 0 Å². The van der Waals surface area contributed by atoms with E-state index in [0.29, 0.717) is 22.6 Å². The predicted octanol–water partition coefficient (Wildman–Crippen LogP) is 3.09. The van der Waals surface area contributed by atoms with Gasteiger partial charge in [0.05, 0.1) is 11.4 Å². The lowest BCUT2D eigenvalue weighted by atomic mass is 10.0. The molecule has 0 N–H and O–H groups in total. The standard InChI is InChI=1S/C16H12ClNO2/c1-18-14-7-6-10(8-11(14)9-15(18)19)16(20)12-4-2-3-5-13(12)17/h2-8H,9H2,1H3. The predicted molar refractivity (Wildman–Crippen MR) is 78.4 cm³/mol. The maximum absolute atomic E-state index is 12.4. The number of carbonyl (C=O) groups is 2. The zero-order chi connectivity index (χ0) is 14.3. The molecule has 2 aromatic rings. The van der Waals surface area contributed by atoms with Crippen molar-refractivity contribution in [3.63, 3.8) is 0 Å². The molecule has 0 fully saturated rings. The third-order valence-corrected chi connectivity index (χ3v) is 3.87. The largest absolute Gasteiger partial charge is 0.315 e. The highest BCUT2D eigenvalue weighted by molar-refractivity contribution is 6.35. The number of hydrogen-bond donors (Lipinski definition) is 0. The highest BCUT2D eigenvalue weighted by atomic mass is 35.5. The molecule has 1 aliphatic rings. The highest BCUT2D eigenvalue weighted by Gasteiger charge is 2.25. The quantitative estimate of drug-likeness (QED) is 0.795. The minimum absolute atomic E-state index is 0.0438. The molecule has 0 aliphatic carbocycles. The number of amides is 1. The number of nitrogens with zero attached hydrogens (tertiary/aromatic N) is 1. The van der Waals surface area contributed by atoms with Gasteiger partial charge in [-0.2, -0.15) is 0 Å². The summed E-state index contributed by atoms with van der Waals surface area (Å²) in [5.74, 6) is -0.0808. The molecule has 20 heavy (non-hydrogen) atoms. The lowest BCUT2D eigenvalue weighted by Crippen LogP contribution is -2.20. The molecule has 1 heterocycles. The van der Waals surface area contributed by atoms with Gasteiger partial charge in [-0.1, -0.05) is 23.7 Å². The molecule has 0 aromatic heterocycles. The van der Waals surface area contributed by atoms with E-state index < -0.39 is 0 Å². The number of benzene rings is 2. The molecule has 1 amide bonds. The van der Waals surface area contributed by atoms with Crippen LogP contribution in [0.15, 0.2) is 42.5 Å². The molecule has 0 atom stereocenters. The number of rotatable bonds is 2. The summed E-state index contributed by atoms with van der Waals surface area (Å²) in [6.45, 7) is 0. The topological polar surface area (TPSA) is 37.4 Å². The highest BCUT2D eigenvalue weighted by Crippen LogP contribution is 2.29. The van der Waals surface area contributed by atoms with Crippen molar-refractivity contribution in [2.75, 3.05) is 11.9 Å². The van der Waals surface area contributed by atoms with E-state index in [1.807, 2.05) is 6.07 Å². The normalized spacial score (nSPS) is 13.5. The van der Waals surface area contributed by atoms with Crippen LogP contribution in [0.1, 0.15) is 21.5 Å². The van der Waals surface area contributed by atoms with Crippen LogP contribution in [0.2, 0.25) is 5.02 Å². The zero-order valence-corrected chi connectivity index (χ0v) is 11.6. The molecule has 3 rings (SSSR count). The van der Waals surface area contributed by atoms with Crippen molar-refractivity contribution in [3.8, 4) is 0 Å². The van der Waals surface area contributed by atoms with E-state index >= 15 is 0 Å². The first-order valence-corrected chi connectivity index (χ1v) is 6.64. The van der Waals surface area contributed by atoms with Crippen molar-refractivity contribution >= 4 is 29.0 Å². The van der Waals surface area contributed by atoms with E-state index in [9.17, 15) is 9.59 Å². The van der Waals surface area contributed by atoms with Crippen LogP contribution in [-0.2, 0) is 11.2 Å². The lowest BCUT2D eigenvalue weighted by molar-refractivity contribution is -0.117. The molecule has 0 bridgehead atoms. The monoisotopic (exact) mass is 285 g/mol. The minimum atomic E-state index is -0.125. The first kappa shape index (κ1) is 12.9. The number of halogens is 1. The van der Waals surface area contributed by atoms with Crippen LogP contribution < -0.4 is 4.90 Å². The van der Waals surface area contributed by atoms with Crippen molar-refractivity contribution < 1.29 is 9.59 Å². The summed E-state index contributed by atoms with van der Waals surface area (Å²) in [6, 6.07) is 12.3. The van der Waals surface area contributed by atoms with Crippen molar-refractivity contribution in [1.82, 2.24) is 0 Å². The molecule has 1 aliphatic heterocycles. The van der Waals surface area contributed by atoms with E-state index in [4.69, 9.17) is 11.6 Å². The lowest BCUT2D eigenvalue weighted by Gasteiger charge is -2.10. The van der Waals surface area contributed by atoms with E-state index in [1.54, 1.807) is 48.3 Å². The first-order valence-electron chi connectivity index (χ1n) is 6.26. The zero-order valence-electron chi connectivity index (χ0n) is 10.9. The number of ketones is 1. The fraction of sp³-hybridized carbons (Fsp3) is 0.125. The van der Waals surface area contributed by atoms with E-state index in [-0.39, 0.29) is 11.7 Å². The molecule has 0 unspecified atom stereocenters. The summed E-state index contributed by atoms with van der Waals surface area (Å²) in [7, 11) is 1.74. The van der Waals surface area contributed by atoms with Gasteiger partial charge in [0.15, 0.2) is 5.78 Å². The van der Waals surface area contributed by atoms with Crippen molar-refractivity contribution in [3.05, 3.63) is 64.2 Å². The molecule has 0 spiro atoms. The Labute approximate surface area is 121 Å². The molecule has 2 aromatic carbocycles. The van der Waals surface area contributed by atoms with Gasteiger partial charge >= 0.3 is 0 Å². The van der Waals surface area contributed by atoms with E-state index in [0.717, 1.165) is 11.3 Å². The summed E-state index contributed by atoms with van der Waals surface area (Å²) >= 11 is 6.05. The van der Waals surface area contributed by atoms with Crippen LogP contribution in [0, 0.1) is 0 Å². The number of fused-ring (bicyclic) bond motifs is 1. The Morgan fingerprint density at radius 3 is 2.70 bits per heavy atom. The van der Waals surface area contributed by atoms with Crippen LogP contribution in [0.3, 0.4) is 0 Å². The summed E-state index contributed by atoms with van der Waals surface area (Å²) in [6.07, 6.45) is 0.343. The van der Waals surface area contributed by atoms with Crippen LogP contribution in [0.25, 0.3) is 0 Å². The number of likely N-dealkylation sites (N-methyl/N-ethyl adjacent to an activating group) is 1.